The van der Waals surface area contributed by atoms with E-state index in [1.165, 1.54) is 24.0 Å². The zero-order valence-electron chi connectivity index (χ0n) is 14.5. The highest BCUT2D eigenvalue weighted by Crippen LogP contribution is 2.21. The van der Waals surface area contributed by atoms with E-state index >= 15 is 0 Å². The summed E-state index contributed by atoms with van der Waals surface area (Å²) in [5.74, 6) is 0.609. The predicted molar refractivity (Wildman–Crippen MR) is 99.0 cm³/mol. The van der Waals surface area contributed by atoms with Crippen molar-refractivity contribution in [2.24, 2.45) is 11.7 Å². The van der Waals surface area contributed by atoms with Crippen LogP contribution in [0.5, 0.6) is 0 Å². The molecule has 2 aromatic carbocycles. The first-order valence-electron chi connectivity index (χ1n) is 8.76. The van der Waals surface area contributed by atoms with Gasteiger partial charge in [0, 0.05) is 25.7 Å². The van der Waals surface area contributed by atoms with Crippen molar-refractivity contribution >= 4 is 0 Å². The number of hydrogen-bond donors (Lipinski definition) is 1. The molecule has 0 aliphatic rings. The Morgan fingerprint density at radius 1 is 0.870 bits per heavy atom. The summed E-state index contributed by atoms with van der Waals surface area (Å²) in [6.45, 7) is 7.20. The lowest BCUT2D eigenvalue weighted by Gasteiger charge is -2.35. The summed E-state index contributed by atoms with van der Waals surface area (Å²) in [6, 6.07) is 21.8. The molecule has 2 aromatic rings. The van der Waals surface area contributed by atoms with Gasteiger partial charge in [-0.3, -0.25) is 4.90 Å². The van der Waals surface area contributed by atoms with Crippen LogP contribution in [0.4, 0.5) is 0 Å². The number of benzene rings is 2. The molecule has 2 N–H and O–H groups in total. The zero-order valence-corrected chi connectivity index (χ0v) is 14.5. The van der Waals surface area contributed by atoms with Crippen LogP contribution in [0.2, 0.25) is 0 Å². The number of hydrogen-bond acceptors (Lipinski definition) is 2. The lowest BCUT2D eigenvalue weighted by atomic mass is 9.94. The van der Waals surface area contributed by atoms with Gasteiger partial charge in [-0.15, -0.1) is 0 Å². The molecule has 2 unspecified atom stereocenters. The van der Waals surface area contributed by atoms with E-state index in [1.54, 1.807) is 0 Å². The molecule has 0 saturated heterocycles. The predicted octanol–water partition coefficient (Wildman–Crippen LogP) is 4.45. The number of nitrogens with zero attached hydrogens (tertiary/aromatic N) is 1. The van der Waals surface area contributed by atoms with Crippen LogP contribution in [0.3, 0.4) is 0 Å². The maximum Gasteiger partial charge on any atom is 0.0251 e. The lowest BCUT2D eigenvalue weighted by molar-refractivity contribution is 0.131. The summed E-state index contributed by atoms with van der Waals surface area (Å²) in [5, 5.41) is 0. The van der Waals surface area contributed by atoms with Crippen LogP contribution in [0, 0.1) is 5.92 Å². The fourth-order valence-corrected chi connectivity index (χ4v) is 3.32. The molecule has 124 valence electrons. The maximum atomic E-state index is 6.17. The van der Waals surface area contributed by atoms with Gasteiger partial charge in [-0.25, -0.2) is 0 Å². The SMILES string of the molecule is CCCC(C)C(CN)N(Cc1ccccc1)Cc1ccccc1. The Kier molecular flexibility index (Phi) is 7.31. The van der Waals surface area contributed by atoms with E-state index in [1.807, 2.05) is 0 Å². The van der Waals surface area contributed by atoms with E-state index in [9.17, 15) is 0 Å². The first-order chi connectivity index (χ1) is 11.2. The quantitative estimate of drug-likeness (QED) is 0.741. The second kappa shape index (κ2) is 9.49. The molecule has 0 amide bonds. The first kappa shape index (κ1) is 17.7. The fourth-order valence-electron chi connectivity index (χ4n) is 3.32. The second-order valence-electron chi connectivity index (χ2n) is 6.45. The minimum Gasteiger partial charge on any atom is -0.329 e. The van der Waals surface area contributed by atoms with E-state index in [2.05, 4.69) is 79.4 Å². The molecule has 0 bridgehead atoms. The van der Waals surface area contributed by atoms with Gasteiger partial charge in [0.25, 0.3) is 0 Å². The molecule has 23 heavy (non-hydrogen) atoms. The van der Waals surface area contributed by atoms with E-state index in [-0.39, 0.29) is 0 Å². The third-order valence-corrected chi connectivity index (χ3v) is 4.57. The van der Waals surface area contributed by atoms with Crippen molar-refractivity contribution in [3.63, 3.8) is 0 Å². The molecular weight excluding hydrogens is 280 g/mol. The standard InChI is InChI=1S/C21H30N2/c1-3-10-18(2)21(15-22)23(16-19-11-6-4-7-12-19)17-20-13-8-5-9-14-20/h4-9,11-14,18,21H,3,10,15-17,22H2,1-2H3. The molecule has 0 aromatic heterocycles. The highest BCUT2D eigenvalue weighted by molar-refractivity contribution is 5.17. The number of nitrogens with two attached hydrogens (primary N) is 1. The lowest BCUT2D eigenvalue weighted by Crippen LogP contribution is -2.44. The Morgan fingerprint density at radius 2 is 1.35 bits per heavy atom. The highest BCUT2D eigenvalue weighted by Gasteiger charge is 2.23. The van der Waals surface area contributed by atoms with Gasteiger partial charge in [0.05, 0.1) is 0 Å². The van der Waals surface area contributed by atoms with Crippen LogP contribution in [0.1, 0.15) is 37.8 Å². The Hall–Kier alpha value is -1.64. The van der Waals surface area contributed by atoms with Crippen LogP contribution >= 0.6 is 0 Å². The Balaban J connectivity index is 2.18. The number of rotatable bonds is 9. The van der Waals surface area contributed by atoms with Crippen LogP contribution in [-0.4, -0.2) is 17.5 Å². The molecule has 2 heteroatoms. The van der Waals surface area contributed by atoms with Crippen molar-refractivity contribution in [2.75, 3.05) is 6.54 Å². The molecule has 0 radical (unpaired) electrons. The first-order valence-corrected chi connectivity index (χ1v) is 8.76. The van der Waals surface area contributed by atoms with Gasteiger partial charge >= 0.3 is 0 Å². The van der Waals surface area contributed by atoms with Gasteiger partial charge in [0.1, 0.15) is 0 Å². The Bertz CT molecular complexity index is 497. The third kappa shape index (κ3) is 5.49. The van der Waals surface area contributed by atoms with Gasteiger partial charge in [0.2, 0.25) is 0 Å². The average molecular weight is 310 g/mol. The Morgan fingerprint density at radius 3 is 1.74 bits per heavy atom. The molecule has 0 spiro atoms. The Labute approximate surface area is 141 Å². The minimum absolute atomic E-state index is 0.412. The molecule has 0 aliphatic heterocycles. The summed E-state index contributed by atoms with van der Waals surface area (Å²) in [7, 11) is 0. The van der Waals surface area contributed by atoms with Gasteiger partial charge in [0.15, 0.2) is 0 Å². The monoisotopic (exact) mass is 310 g/mol. The topological polar surface area (TPSA) is 29.3 Å². The van der Waals surface area contributed by atoms with Crippen LogP contribution in [0.15, 0.2) is 60.7 Å². The van der Waals surface area contributed by atoms with Crippen molar-refractivity contribution < 1.29 is 0 Å². The molecule has 2 atom stereocenters. The third-order valence-electron chi connectivity index (χ3n) is 4.57. The smallest absolute Gasteiger partial charge is 0.0251 e. The van der Waals surface area contributed by atoms with E-state index < -0.39 is 0 Å². The van der Waals surface area contributed by atoms with Crippen molar-refractivity contribution in [1.29, 1.82) is 0 Å². The fraction of sp³-hybridized carbons (Fsp3) is 0.429. The van der Waals surface area contributed by atoms with Crippen LogP contribution in [0.25, 0.3) is 0 Å². The van der Waals surface area contributed by atoms with Crippen molar-refractivity contribution in [1.82, 2.24) is 4.90 Å². The van der Waals surface area contributed by atoms with Crippen molar-refractivity contribution in [2.45, 2.75) is 45.8 Å². The zero-order chi connectivity index (χ0) is 16.5. The van der Waals surface area contributed by atoms with Crippen LogP contribution < -0.4 is 5.73 Å². The summed E-state index contributed by atoms with van der Waals surface area (Å²) in [5.41, 5.74) is 8.88. The van der Waals surface area contributed by atoms with E-state index in [0.717, 1.165) is 13.1 Å². The molecule has 0 aliphatic carbocycles. The van der Waals surface area contributed by atoms with E-state index in [0.29, 0.717) is 18.5 Å². The van der Waals surface area contributed by atoms with Gasteiger partial charge in [-0.05, 0) is 23.5 Å². The second-order valence-corrected chi connectivity index (χ2v) is 6.45. The summed E-state index contributed by atoms with van der Waals surface area (Å²) in [4.78, 5) is 2.55. The van der Waals surface area contributed by atoms with Gasteiger partial charge in [-0.2, -0.15) is 0 Å². The largest absolute Gasteiger partial charge is 0.329 e. The average Bonchev–Trinajstić information content (AvgIpc) is 2.57. The summed E-state index contributed by atoms with van der Waals surface area (Å²) < 4.78 is 0. The molecule has 0 heterocycles. The van der Waals surface area contributed by atoms with Crippen molar-refractivity contribution in [3.05, 3.63) is 71.8 Å². The normalized spacial score (nSPS) is 13.9. The molecule has 0 saturated carbocycles. The van der Waals surface area contributed by atoms with E-state index in [4.69, 9.17) is 5.73 Å². The maximum absolute atomic E-state index is 6.17. The molecular formula is C21H30N2. The molecule has 2 nitrogen and oxygen atoms in total. The summed E-state index contributed by atoms with van der Waals surface area (Å²) >= 11 is 0. The van der Waals surface area contributed by atoms with Crippen molar-refractivity contribution in [3.8, 4) is 0 Å². The van der Waals surface area contributed by atoms with Gasteiger partial charge in [-0.1, -0.05) is 80.9 Å². The van der Waals surface area contributed by atoms with Crippen LogP contribution in [-0.2, 0) is 13.1 Å². The summed E-state index contributed by atoms with van der Waals surface area (Å²) in [6.07, 6.45) is 2.43. The molecule has 0 fully saturated rings. The highest BCUT2D eigenvalue weighted by atomic mass is 15.2. The molecule has 2 rings (SSSR count). The van der Waals surface area contributed by atoms with Gasteiger partial charge < -0.3 is 5.73 Å². The minimum atomic E-state index is 0.412.